The van der Waals surface area contributed by atoms with Crippen LogP contribution in [0.3, 0.4) is 0 Å². The molecule has 0 aliphatic carbocycles. The summed E-state index contributed by atoms with van der Waals surface area (Å²) < 4.78 is 6.04. The molecule has 3 aromatic carbocycles. The van der Waals surface area contributed by atoms with Crippen LogP contribution in [0.5, 0.6) is 5.75 Å². The number of ether oxygens (including phenoxy) is 1. The lowest BCUT2D eigenvalue weighted by atomic mass is 9.89. The number of aliphatic hydroxyl groups is 1. The van der Waals surface area contributed by atoms with Crippen LogP contribution in [0.15, 0.2) is 84.9 Å². The molecule has 0 atom stereocenters. The fourth-order valence-electron chi connectivity index (χ4n) is 2.68. The maximum Gasteiger partial charge on any atom is 0.631 e. The number of hydrogen-bond donors (Lipinski definition) is 4. The third-order valence-electron chi connectivity index (χ3n) is 4.97. The zero-order valence-corrected chi connectivity index (χ0v) is 18.3. The average molecular weight is 423 g/mol. The van der Waals surface area contributed by atoms with Crippen molar-refractivity contribution in [2.75, 3.05) is 4.90 Å². The fourth-order valence-corrected chi connectivity index (χ4v) is 2.68. The van der Waals surface area contributed by atoms with Crippen LogP contribution >= 0.6 is 0 Å². The minimum absolute atomic E-state index is 0.701. The van der Waals surface area contributed by atoms with Crippen LogP contribution in [0.1, 0.15) is 27.7 Å². The number of para-hydroxylation sites is 2. The van der Waals surface area contributed by atoms with Gasteiger partial charge in [0.1, 0.15) is 11.4 Å². The van der Waals surface area contributed by atoms with E-state index in [0.29, 0.717) is 0 Å². The summed E-state index contributed by atoms with van der Waals surface area (Å²) in [6.45, 7) is 7.30. The summed E-state index contributed by atoms with van der Waals surface area (Å²) in [4.78, 5) is 2.20. The van der Waals surface area contributed by atoms with E-state index >= 15 is 0 Å². The molecule has 0 amide bonds. The second kappa shape index (κ2) is 10.5. The monoisotopic (exact) mass is 423 g/mol. The highest BCUT2D eigenvalue weighted by molar-refractivity contribution is 6.30. The Morgan fingerprint density at radius 2 is 1.00 bits per heavy atom. The lowest BCUT2D eigenvalue weighted by Crippen LogP contribution is -2.49. The van der Waals surface area contributed by atoms with Crippen molar-refractivity contribution in [3.63, 3.8) is 0 Å². The van der Waals surface area contributed by atoms with Crippen molar-refractivity contribution in [1.82, 2.24) is 0 Å². The van der Waals surface area contributed by atoms with Crippen molar-refractivity contribution < 1.29 is 24.9 Å². The largest absolute Gasteiger partial charge is 0.631 e. The number of rotatable bonds is 6. The molecule has 31 heavy (non-hydrogen) atoms. The van der Waals surface area contributed by atoms with Gasteiger partial charge in [-0.05, 0) is 76.2 Å². The predicted molar refractivity (Wildman–Crippen MR) is 125 cm³/mol. The maximum absolute atomic E-state index is 10.3. The summed E-state index contributed by atoms with van der Waals surface area (Å²) in [5.74, 6) is 0.729. The van der Waals surface area contributed by atoms with Gasteiger partial charge in [0.2, 0.25) is 0 Å². The molecule has 0 spiro atoms. The van der Waals surface area contributed by atoms with E-state index < -0.39 is 18.5 Å². The van der Waals surface area contributed by atoms with E-state index in [9.17, 15) is 5.11 Å². The molecule has 3 aromatic rings. The van der Waals surface area contributed by atoms with E-state index in [0.717, 1.165) is 22.8 Å². The predicted octanol–water partition coefficient (Wildman–Crippen LogP) is 4.03. The van der Waals surface area contributed by atoms with Crippen LogP contribution in [0, 0.1) is 0 Å². The van der Waals surface area contributed by atoms with Gasteiger partial charge in [0.15, 0.2) is 0 Å². The maximum atomic E-state index is 10.3. The molecule has 0 bridgehead atoms. The molecule has 0 heterocycles. The van der Waals surface area contributed by atoms with E-state index in [1.807, 2.05) is 74.5 Å². The first kappa shape index (κ1) is 24.4. The van der Waals surface area contributed by atoms with Gasteiger partial charge < -0.3 is 29.8 Å². The average Bonchev–Trinajstić information content (AvgIpc) is 2.70. The van der Waals surface area contributed by atoms with Crippen molar-refractivity contribution in [3.05, 3.63) is 84.9 Å². The van der Waals surface area contributed by atoms with E-state index in [1.54, 1.807) is 13.8 Å². The Bertz CT molecular complexity index is 868. The number of anilines is 3. The van der Waals surface area contributed by atoms with Crippen molar-refractivity contribution in [2.24, 2.45) is 0 Å². The summed E-state index contributed by atoms with van der Waals surface area (Å²) >= 11 is 0. The molecular weight excluding hydrogens is 393 g/mol. The molecule has 0 radical (unpaired) electrons. The number of hydrogen-bond acceptors (Lipinski definition) is 6. The quantitative estimate of drug-likeness (QED) is 0.448. The lowest BCUT2D eigenvalue weighted by Gasteiger charge is -2.37. The SMILES string of the molecule is CC(C)(O)C(C)(C)Oc1ccc(N(c2ccccc2)c2ccccc2)cc1.OB(O)O. The first-order valence-electron chi connectivity index (χ1n) is 9.97. The Hall–Kier alpha value is -2.84. The van der Waals surface area contributed by atoms with Crippen molar-refractivity contribution in [3.8, 4) is 5.75 Å². The summed E-state index contributed by atoms with van der Waals surface area (Å²) in [5, 5.41) is 31.8. The molecule has 0 fully saturated rings. The van der Waals surface area contributed by atoms with Crippen LogP contribution in [-0.2, 0) is 0 Å². The molecule has 0 unspecified atom stereocenters. The van der Waals surface area contributed by atoms with Gasteiger partial charge in [-0.1, -0.05) is 36.4 Å². The number of benzene rings is 3. The Kier molecular flexibility index (Phi) is 8.24. The van der Waals surface area contributed by atoms with Crippen LogP contribution in [-0.4, -0.2) is 38.7 Å². The molecule has 0 saturated carbocycles. The van der Waals surface area contributed by atoms with Crippen molar-refractivity contribution in [2.45, 2.75) is 38.9 Å². The van der Waals surface area contributed by atoms with Gasteiger partial charge in [0, 0.05) is 17.1 Å². The molecule has 6 nitrogen and oxygen atoms in total. The molecule has 3 rings (SSSR count). The molecular formula is C24H30BNO5. The van der Waals surface area contributed by atoms with Gasteiger partial charge >= 0.3 is 7.32 Å². The van der Waals surface area contributed by atoms with E-state index in [2.05, 4.69) is 29.2 Å². The van der Waals surface area contributed by atoms with Crippen LogP contribution < -0.4 is 9.64 Å². The first-order valence-corrected chi connectivity index (χ1v) is 9.97. The van der Waals surface area contributed by atoms with Gasteiger partial charge in [0.05, 0.1) is 5.60 Å². The Morgan fingerprint density at radius 3 is 1.35 bits per heavy atom. The molecule has 4 N–H and O–H groups in total. The summed E-state index contributed by atoms with van der Waals surface area (Å²) in [5.41, 5.74) is 1.57. The Labute approximate surface area is 184 Å². The molecule has 164 valence electrons. The van der Waals surface area contributed by atoms with Crippen LogP contribution in [0.4, 0.5) is 17.1 Å². The highest BCUT2D eigenvalue weighted by Gasteiger charge is 2.37. The van der Waals surface area contributed by atoms with E-state index in [4.69, 9.17) is 19.8 Å². The third-order valence-corrected chi connectivity index (χ3v) is 4.97. The minimum Gasteiger partial charge on any atom is -0.485 e. The van der Waals surface area contributed by atoms with Crippen molar-refractivity contribution in [1.29, 1.82) is 0 Å². The summed E-state index contributed by atoms with van der Waals surface area (Å²) in [6, 6.07) is 28.5. The minimum atomic E-state index is -2.17. The van der Waals surface area contributed by atoms with Gasteiger partial charge in [-0.3, -0.25) is 0 Å². The fraction of sp³-hybridized carbons (Fsp3) is 0.250. The topological polar surface area (TPSA) is 93.4 Å². The normalized spacial score (nSPS) is 11.2. The van der Waals surface area contributed by atoms with Gasteiger partial charge in [-0.15, -0.1) is 0 Å². The van der Waals surface area contributed by atoms with Gasteiger partial charge in [-0.25, -0.2) is 0 Å². The van der Waals surface area contributed by atoms with E-state index in [1.165, 1.54) is 0 Å². The van der Waals surface area contributed by atoms with E-state index in [-0.39, 0.29) is 0 Å². The highest BCUT2D eigenvalue weighted by atomic mass is 16.5. The second-order valence-electron chi connectivity index (χ2n) is 8.02. The van der Waals surface area contributed by atoms with Gasteiger partial charge in [0.25, 0.3) is 0 Å². The third kappa shape index (κ3) is 7.12. The molecule has 0 aliphatic heterocycles. The van der Waals surface area contributed by atoms with Crippen molar-refractivity contribution >= 4 is 24.4 Å². The van der Waals surface area contributed by atoms with Crippen LogP contribution in [0.25, 0.3) is 0 Å². The lowest BCUT2D eigenvalue weighted by molar-refractivity contribution is -0.0906. The standard InChI is InChI=1S/C24H27NO2.BH3O3/c1-23(2,26)24(3,4)27-22-17-15-21(16-18-22)25(19-11-7-5-8-12-19)20-13-9-6-10-14-20;2-1(3)4/h5-18,26H,1-4H3;2-4H. The number of nitrogens with zero attached hydrogens (tertiary/aromatic N) is 1. The Balaban J connectivity index is 0.000000785. The molecule has 7 heteroatoms. The highest BCUT2D eigenvalue weighted by Crippen LogP contribution is 2.36. The van der Waals surface area contributed by atoms with Crippen LogP contribution in [0.2, 0.25) is 0 Å². The molecule has 0 saturated heterocycles. The smallest absolute Gasteiger partial charge is 0.485 e. The first-order chi connectivity index (χ1) is 14.5. The summed E-state index contributed by atoms with van der Waals surface area (Å²) in [7, 11) is -2.17. The summed E-state index contributed by atoms with van der Waals surface area (Å²) in [6.07, 6.45) is 0. The Morgan fingerprint density at radius 1 is 0.645 bits per heavy atom. The zero-order chi connectivity index (χ0) is 23.1. The molecule has 0 aromatic heterocycles. The molecule has 0 aliphatic rings. The second-order valence-corrected chi connectivity index (χ2v) is 8.02. The zero-order valence-electron chi connectivity index (χ0n) is 18.3. The van der Waals surface area contributed by atoms with Gasteiger partial charge in [-0.2, -0.15) is 0 Å².